The molecule has 0 spiro atoms. The first kappa shape index (κ1) is 19.5. The lowest BCUT2D eigenvalue weighted by Gasteiger charge is -2.33. The van der Waals surface area contributed by atoms with E-state index in [0.29, 0.717) is 0 Å². The second-order valence-corrected chi connectivity index (χ2v) is 6.15. The molecule has 5 nitrogen and oxygen atoms in total. The minimum atomic E-state index is -4.63. The van der Waals surface area contributed by atoms with Crippen LogP contribution < -0.4 is 10.6 Å². The lowest BCUT2D eigenvalue weighted by Crippen LogP contribution is -2.30. The Morgan fingerprint density at radius 3 is 2.43 bits per heavy atom. The molecule has 0 fully saturated rings. The summed E-state index contributed by atoms with van der Waals surface area (Å²) in [6, 6.07) is 8.96. The van der Waals surface area contributed by atoms with Gasteiger partial charge in [-0.05, 0) is 24.3 Å². The van der Waals surface area contributed by atoms with Gasteiger partial charge in [-0.3, -0.25) is 4.90 Å². The number of ether oxygens (including phenoxy) is 1. The molecule has 0 atom stereocenters. The maximum atomic E-state index is 13.3. The standard InChI is InChI=1S/C19H12ClF3N2O3/c1-28-18(27)16-15(9-26)25(13-5-3-2-4-12(13)20)14-8-10(19(21,22)23)6-7-11(14)17(16)24/h2-8H,24H2,1H3. The summed E-state index contributed by atoms with van der Waals surface area (Å²) < 4.78 is 44.5. The Labute approximate surface area is 162 Å². The number of fused-ring (bicyclic) bond motifs is 1. The number of halogens is 4. The molecule has 28 heavy (non-hydrogen) atoms. The monoisotopic (exact) mass is 408 g/mol. The van der Waals surface area contributed by atoms with Crippen molar-refractivity contribution < 1.29 is 27.5 Å². The zero-order chi connectivity index (χ0) is 20.6. The number of carbonyl (C=O) groups excluding carboxylic acids is 2. The molecule has 0 aliphatic carbocycles. The van der Waals surface area contributed by atoms with Crippen LogP contribution in [0.4, 0.5) is 24.5 Å². The molecule has 2 aromatic rings. The van der Waals surface area contributed by atoms with Gasteiger partial charge in [0.25, 0.3) is 0 Å². The van der Waals surface area contributed by atoms with Crippen molar-refractivity contribution in [1.29, 1.82) is 0 Å². The van der Waals surface area contributed by atoms with Crippen molar-refractivity contribution in [3.8, 4) is 0 Å². The van der Waals surface area contributed by atoms with Gasteiger partial charge >= 0.3 is 12.1 Å². The van der Waals surface area contributed by atoms with Crippen molar-refractivity contribution in [1.82, 2.24) is 0 Å². The second kappa shape index (κ2) is 7.07. The number of methoxy groups -OCH3 is 1. The highest BCUT2D eigenvalue weighted by atomic mass is 35.5. The first-order chi connectivity index (χ1) is 13.2. The van der Waals surface area contributed by atoms with E-state index >= 15 is 0 Å². The van der Waals surface area contributed by atoms with Crippen LogP contribution >= 0.6 is 11.6 Å². The summed E-state index contributed by atoms with van der Waals surface area (Å²) in [5.41, 5.74) is 4.37. The molecule has 1 aliphatic heterocycles. The predicted octanol–water partition coefficient (Wildman–Crippen LogP) is 4.07. The number of anilines is 2. The number of hydrogen-bond donors (Lipinski definition) is 1. The molecule has 0 bridgehead atoms. The molecule has 0 saturated carbocycles. The quantitative estimate of drug-likeness (QED) is 0.599. The fourth-order valence-electron chi connectivity index (χ4n) is 2.90. The van der Waals surface area contributed by atoms with Gasteiger partial charge in [0.15, 0.2) is 5.94 Å². The highest BCUT2D eigenvalue weighted by Gasteiger charge is 2.38. The largest absolute Gasteiger partial charge is 0.465 e. The molecule has 3 rings (SSSR count). The summed E-state index contributed by atoms with van der Waals surface area (Å²) in [6.45, 7) is 0. The molecule has 0 unspecified atom stereocenters. The van der Waals surface area contributed by atoms with Crippen molar-refractivity contribution in [2.24, 2.45) is 5.73 Å². The molecule has 0 amide bonds. The molecule has 2 aromatic carbocycles. The average Bonchev–Trinajstić information content (AvgIpc) is 2.67. The van der Waals surface area contributed by atoms with Crippen LogP contribution in [0.25, 0.3) is 5.70 Å². The third kappa shape index (κ3) is 3.13. The number of para-hydroxylation sites is 1. The van der Waals surface area contributed by atoms with Crippen LogP contribution in [0.1, 0.15) is 11.1 Å². The van der Waals surface area contributed by atoms with Gasteiger partial charge in [-0.1, -0.05) is 29.8 Å². The van der Waals surface area contributed by atoms with Crippen LogP contribution in [0.5, 0.6) is 0 Å². The maximum Gasteiger partial charge on any atom is 0.416 e. The van der Waals surface area contributed by atoms with Gasteiger partial charge < -0.3 is 10.5 Å². The van der Waals surface area contributed by atoms with Crippen LogP contribution in [0.15, 0.2) is 53.7 Å². The molecule has 0 radical (unpaired) electrons. The highest BCUT2D eigenvalue weighted by Crippen LogP contribution is 2.46. The van der Waals surface area contributed by atoms with E-state index in [1.165, 1.54) is 12.1 Å². The van der Waals surface area contributed by atoms with E-state index in [1.54, 1.807) is 18.1 Å². The summed E-state index contributed by atoms with van der Waals surface area (Å²) in [5, 5.41) is 0.142. The number of nitrogens with two attached hydrogens (primary N) is 1. The van der Waals surface area contributed by atoms with Crippen molar-refractivity contribution in [3.63, 3.8) is 0 Å². The van der Waals surface area contributed by atoms with Crippen molar-refractivity contribution in [2.45, 2.75) is 6.18 Å². The normalized spacial score (nSPS) is 13.9. The van der Waals surface area contributed by atoms with Gasteiger partial charge in [0.05, 0.1) is 34.8 Å². The van der Waals surface area contributed by atoms with Crippen molar-refractivity contribution in [2.75, 3.05) is 12.0 Å². The Bertz CT molecular complexity index is 1060. The van der Waals surface area contributed by atoms with Crippen LogP contribution in [-0.2, 0) is 20.5 Å². The topological polar surface area (TPSA) is 72.6 Å². The lowest BCUT2D eigenvalue weighted by atomic mass is 9.94. The summed E-state index contributed by atoms with van der Waals surface area (Å²) in [7, 11) is 1.09. The van der Waals surface area contributed by atoms with Crippen molar-refractivity contribution in [3.05, 3.63) is 69.9 Å². The number of benzene rings is 2. The first-order valence-electron chi connectivity index (χ1n) is 7.80. The van der Waals surface area contributed by atoms with Gasteiger partial charge in [0.1, 0.15) is 11.3 Å². The fraction of sp³-hybridized carbons (Fsp3) is 0.105. The van der Waals surface area contributed by atoms with E-state index in [-0.39, 0.29) is 33.2 Å². The third-order valence-electron chi connectivity index (χ3n) is 4.17. The van der Waals surface area contributed by atoms with Gasteiger partial charge in [-0.15, -0.1) is 0 Å². The van der Waals surface area contributed by atoms with Gasteiger partial charge in [0.2, 0.25) is 0 Å². The molecule has 2 N–H and O–H groups in total. The third-order valence-corrected chi connectivity index (χ3v) is 4.49. The fourth-order valence-corrected chi connectivity index (χ4v) is 3.12. The Hall–Kier alpha value is -3.22. The zero-order valence-electron chi connectivity index (χ0n) is 14.3. The average molecular weight is 409 g/mol. The summed E-state index contributed by atoms with van der Waals surface area (Å²) in [6.07, 6.45) is -4.63. The number of carbonyl (C=O) groups is 1. The van der Waals surface area contributed by atoms with Gasteiger partial charge in [-0.25, -0.2) is 9.59 Å². The number of esters is 1. The SMILES string of the molecule is COC(=O)C1=C(N)c2ccc(C(F)(F)F)cc2N(c2ccccc2Cl)C1=C=O. The van der Waals surface area contributed by atoms with E-state index in [1.807, 2.05) is 0 Å². The molecule has 144 valence electrons. The molecule has 0 saturated heterocycles. The molecule has 1 heterocycles. The molecule has 0 aromatic heterocycles. The van der Waals surface area contributed by atoms with E-state index < -0.39 is 23.4 Å². The molecule has 1 aliphatic rings. The van der Waals surface area contributed by atoms with Gasteiger partial charge in [0, 0.05) is 5.56 Å². The van der Waals surface area contributed by atoms with Gasteiger partial charge in [-0.2, -0.15) is 13.2 Å². The minimum Gasteiger partial charge on any atom is -0.465 e. The zero-order valence-corrected chi connectivity index (χ0v) is 15.1. The Balaban J connectivity index is 2.41. The van der Waals surface area contributed by atoms with E-state index in [2.05, 4.69) is 4.74 Å². The van der Waals surface area contributed by atoms with E-state index in [0.717, 1.165) is 30.2 Å². The van der Waals surface area contributed by atoms with Crippen molar-refractivity contribution >= 4 is 40.6 Å². The first-order valence-corrected chi connectivity index (χ1v) is 8.18. The van der Waals surface area contributed by atoms with Crippen LogP contribution in [0.3, 0.4) is 0 Å². The minimum absolute atomic E-state index is 0.0635. The molecular weight excluding hydrogens is 397 g/mol. The number of rotatable bonds is 2. The molecule has 9 heteroatoms. The van der Waals surface area contributed by atoms with E-state index in [4.69, 9.17) is 17.3 Å². The van der Waals surface area contributed by atoms with Crippen LogP contribution in [0, 0.1) is 0 Å². The highest BCUT2D eigenvalue weighted by molar-refractivity contribution is 6.33. The lowest BCUT2D eigenvalue weighted by molar-refractivity contribution is -0.138. The van der Waals surface area contributed by atoms with Crippen LogP contribution in [-0.4, -0.2) is 19.0 Å². The predicted molar refractivity (Wildman–Crippen MR) is 97.4 cm³/mol. The Morgan fingerprint density at radius 1 is 1.18 bits per heavy atom. The summed E-state index contributed by atoms with van der Waals surface area (Å²) >= 11 is 6.20. The number of alkyl halides is 3. The van der Waals surface area contributed by atoms with E-state index in [9.17, 15) is 22.8 Å². The molecular formula is C19H12ClF3N2O3. The summed E-state index contributed by atoms with van der Waals surface area (Å²) in [4.78, 5) is 25.1. The smallest absolute Gasteiger partial charge is 0.416 e. The second-order valence-electron chi connectivity index (χ2n) is 5.75. The Kier molecular flexibility index (Phi) is 4.93. The summed E-state index contributed by atoms with van der Waals surface area (Å²) in [5.74, 6) is 0.657. The van der Waals surface area contributed by atoms with Crippen LogP contribution in [0.2, 0.25) is 5.02 Å². The maximum absolute atomic E-state index is 13.3. The number of nitrogens with zero attached hydrogens (tertiary/aromatic N) is 1. The Morgan fingerprint density at radius 2 is 1.86 bits per heavy atom. The number of hydrogen-bond acceptors (Lipinski definition) is 5.